The van der Waals surface area contributed by atoms with Gasteiger partial charge in [0.1, 0.15) is 17.0 Å². The normalized spacial score (nSPS) is 11.4. The molecule has 7 nitrogen and oxygen atoms in total. The lowest BCUT2D eigenvalue weighted by atomic mass is 10.2. The number of carboxylic acid groups (broad SMARTS) is 1. The Balaban J connectivity index is 2.04. The largest absolute Gasteiger partial charge is 0.507 e. The molecule has 0 fully saturated rings. The second-order valence-electron chi connectivity index (χ2n) is 5.11. The van der Waals surface area contributed by atoms with Crippen LogP contribution in [-0.2, 0) is 0 Å². The Morgan fingerprint density at radius 2 is 2.00 bits per heavy atom. The second kappa shape index (κ2) is 5.53. The zero-order valence-electron chi connectivity index (χ0n) is 12.6. The summed E-state index contributed by atoms with van der Waals surface area (Å²) in [5.74, 6) is -0.951. The number of azo groups is 1. The van der Waals surface area contributed by atoms with Gasteiger partial charge in [-0.15, -0.1) is 10.2 Å². The van der Waals surface area contributed by atoms with Crippen LogP contribution in [0.15, 0.2) is 46.8 Å². The average Bonchev–Trinajstić information content (AvgIpc) is 2.83. The summed E-state index contributed by atoms with van der Waals surface area (Å²) in [4.78, 5) is 15.5. The molecule has 7 heteroatoms. The maximum atomic E-state index is 11.0. The summed E-state index contributed by atoms with van der Waals surface area (Å²) in [5.41, 5.74) is 2.67. The van der Waals surface area contributed by atoms with Crippen LogP contribution in [-0.4, -0.2) is 25.6 Å². The highest BCUT2D eigenvalue weighted by Crippen LogP contribution is 2.27. The van der Waals surface area contributed by atoms with Crippen molar-refractivity contribution in [2.45, 2.75) is 13.8 Å². The molecule has 0 aliphatic heterocycles. The monoisotopic (exact) mass is 310 g/mol. The lowest BCUT2D eigenvalue weighted by Gasteiger charge is -2.00. The van der Waals surface area contributed by atoms with Crippen molar-refractivity contribution in [2.75, 3.05) is 0 Å². The van der Waals surface area contributed by atoms with E-state index in [0.29, 0.717) is 11.5 Å². The molecule has 0 spiro atoms. The summed E-state index contributed by atoms with van der Waals surface area (Å²) in [6, 6.07) is 7.90. The smallest absolute Gasteiger partial charge is 0.339 e. The Hall–Kier alpha value is -3.22. The molecule has 0 unspecified atom stereocenters. The summed E-state index contributed by atoms with van der Waals surface area (Å²) in [7, 11) is 0. The fraction of sp³-hybridized carbons (Fsp3) is 0.125. The molecule has 0 aliphatic rings. The van der Waals surface area contributed by atoms with Gasteiger partial charge in [0.15, 0.2) is 5.82 Å². The predicted molar refractivity (Wildman–Crippen MR) is 83.9 cm³/mol. The standard InChI is InChI=1S/C16H14N4O3/c1-9-4-3-7-20-14(9)17-10(2)15(20)19-18-11-5-6-13(21)12(8-11)16(22)23/h3-8,21H,1-2H3,(H,22,23). The molecule has 3 rings (SSSR count). The molecule has 0 radical (unpaired) electrons. The van der Waals surface area contributed by atoms with Crippen molar-refractivity contribution >= 4 is 23.1 Å². The zero-order valence-corrected chi connectivity index (χ0v) is 12.6. The maximum absolute atomic E-state index is 11.0. The number of aromatic hydroxyl groups is 1. The topological polar surface area (TPSA) is 99.5 Å². The first-order chi connectivity index (χ1) is 11.0. The third kappa shape index (κ3) is 2.64. The van der Waals surface area contributed by atoms with Crippen molar-refractivity contribution in [1.82, 2.24) is 9.38 Å². The van der Waals surface area contributed by atoms with E-state index in [1.165, 1.54) is 18.2 Å². The summed E-state index contributed by atoms with van der Waals surface area (Å²) in [6.07, 6.45) is 1.84. The minimum Gasteiger partial charge on any atom is -0.507 e. The molecule has 1 aromatic carbocycles. The van der Waals surface area contributed by atoms with Gasteiger partial charge < -0.3 is 10.2 Å². The number of aromatic carboxylic acids is 1. The predicted octanol–water partition coefficient (Wildman–Crippen LogP) is 3.77. The number of phenols is 1. The van der Waals surface area contributed by atoms with Crippen molar-refractivity contribution in [1.29, 1.82) is 0 Å². The fourth-order valence-corrected chi connectivity index (χ4v) is 2.29. The molecule has 0 bridgehead atoms. The van der Waals surface area contributed by atoms with Crippen LogP contribution >= 0.6 is 0 Å². The molecule has 2 aromatic heterocycles. The molecular formula is C16H14N4O3. The summed E-state index contributed by atoms with van der Waals surface area (Å²) < 4.78 is 1.83. The van der Waals surface area contributed by atoms with E-state index in [0.717, 1.165) is 16.9 Å². The number of benzene rings is 1. The van der Waals surface area contributed by atoms with E-state index < -0.39 is 5.97 Å². The van der Waals surface area contributed by atoms with Crippen molar-refractivity contribution in [3.05, 3.63) is 53.3 Å². The molecule has 0 amide bonds. The Morgan fingerprint density at radius 3 is 2.74 bits per heavy atom. The Kier molecular flexibility index (Phi) is 3.53. The van der Waals surface area contributed by atoms with Crippen molar-refractivity contribution in [3.8, 4) is 5.75 Å². The summed E-state index contributed by atoms with van der Waals surface area (Å²) >= 11 is 0. The van der Waals surface area contributed by atoms with Gasteiger partial charge in [-0.1, -0.05) is 6.07 Å². The highest BCUT2D eigenvalue weighted by Gasteiger charge is 2.11. The molecule has 3 aromatic rings. The van der Waals surface area contributed by atoms with Crippen LogP contribution in [0.2, 0.25) is 0 Å². The summed E-state index contributed by atoms with van der Waals surface area (Å²) in [5, 5.41) is 26.8. The van der Waals surface area contributed by atoms with E-state index in [4.69, 9.17) is 5.11 Å². The lowest BCUT2D eigenvalue weighted by Crippen LogP contribution is -1.95. The van der Waals surface area contributed by atoms with Gasteiger partial charge in [0, 0.05) is 6.20 Å². The minimum atomic E-state index is -1.22. The van der Waals surface area contributed by atoms with Gasteiger partial charge in [-0.2, -0.15) is 0 Å². The van der Waals surface area contributed by atoms with Gasteiger partial charge in [-0.25, -0.2) is 9.78 Å². The number of fused-ring (bicyclic) bond motifs is 1. The van der Waals surface area contributed by atoms with Crippen molar-refractivity contribution < 1.29 is 15.0 Å². The molecule has 0 aliphatic carbocycles. The van der Waals surface area contributed by atoms with E-state index in [-0.39, 0.29) is 11.3 Å². The molecule has 2 heterocycles. The van der Waals surface area contributed by atoms with Crippen LogP contribution in [0.3, 0.4) is 0 Å². The number of pyridine rings is 1. The highest BCUT2D eigenvalue weighted by atomic mass is 16.4. The number of aryl methyl sites for hydroxylation is 2. The Bertz CT molecular complexity index is 944. The molecule has 0 atom stereocenters. The minimum absolute atomic E-state index is 0.216. The van der Waals surface area contributed by atoms with Gasteiger partial charge in [-0.05, 0) is 43.7 Å². The fourth-order valence-electron chi connectivity index (χ4n) is 2.29. The van der Waals surface area contributed by atoms with Gasteiger partial charge in [0.2, 0.25) is 0 Å². The third-order valence-electron chi connectivity index (χ3n) is 3.46. The molecular weight excluding hydrogens is 296 g/mol. The third-order valence-corrected chi connectivity index (χ3v) is 3.46. The van der Waals surface area contributed by atoms with Crippen molar-refractivity contribution in [3.63, 3.8) is 0 Å². The first-order valence-corrected chi connectivity index (χ1v) is 6.89. The van der Waals surface area contributed by atoms with E-state index in [1.807, 2.05) is 36.6 Å². The number of hydrogen-bond acceptors (Lipinski definition) is 5. The van der Waals surface area contributed by atoms with E-state index in [2.05, 4.69) is 15.2 Å². The van der Waals surface area contributed by atoms with E-state index in [9.17, 15) is 9.90 Å². The number of imidazole rings is 1. The molecule has 0 saturated heterocycles. The van der Waals surface area contributed by atoms with Gasteiger partial charge in [-0.3, -0.25) is 4.40 Å². The first-order valence-electron chi connectivity index (χ1n) is 6.89. The van der Waals surface area contributed by atoms with Crippen LogP contribution in [0.25, 0.3) is 5.65 Å². The van der Waals surface area contributed by atoms with Gasteiger partial charge >= 0.3 is 5.97 Å². The average molecular weight is 310 g/mol. The SMILES string of the molecule is Cc1nc2c(C)cccn2c1N=Nc1ccc(O)c(C(=O)O)c1. The molecule has 116 valence electrons. The van der Waals surface area contributed by atoms with Crippen LogP contribution in [0.1, 0.15) is 21.6 Å². The van der Waals surface area contributed by atoms with E-state index >= 15 is 0 Å². The summed E-state index contributed by atoms with van der Waals surface area (Å²) in [6.45, 7) is 3.79. The van der Waals surface area contributed by atoms with Crippen LogP contribution in [0, 0.1) is 13.8 Å². The number of aromatic nitrogens is 2. The van der Waals surface area contributed by atoms with Crippen LogP contribution in [0.5, 0.6) is 5.75 Å². The van der Waals surface area contributed by atoms with Gasteiger partial charge in [0.05, 0.1) is 11.4 Å². The van der Waals surface area contributed by atoms with Crippen molar-refractivity contribution in [2.24, 2.45) is 10.2 Å². The maximum Gasteiger partial charge on any atom is 0.339 e. The molecule has 23 heavy (non-hydrogen) atoms. The van der Waals surface area contributed by atoms with Gasteiger partial charge in [0.25, 0.3) is 0 Å². The number of nitrogens with zero attached hydrogens (tertiary/aromatic N) is 4. The van der Waals surface area contributed by atoms with Crippen LogP contribution < -0.4 is 0 Å². The zero-order chi connectivity index (χ0) is 16.6. The first kappa shape index (κ1) is 14.7. The highest BCUT2D eigenvalue weighted by molar-refractivity contribution is 5.91. The Morgan fingerprint density at radius 1 is 1.22 bits per heavy atom. The number of carbonyl (C=O) groups is 1. The van der Waals surface area contributed by atoms with Crippen LogP contribution in [0.4, 0.5) is 11.5 Å². The molecule has 2 N–H and O–H groups in total. The number of rotatable bonds is 3. The Labute approximate surface area is 131 Å². The second-order valence-corrected chi connectivity index (χ2v) is 5.11. The number of carboxylic acids is 1. The van der Waals surface area contributed by atoms with E-state index in [1.54, 1.807) is 0 Å². The lowest BCUT2D eigenvalue weighted by molar-refractivity contribution is 0.0694. The number of hydrogen-bond donors (Lipinski definition) is 2. The quantitative estimate of drug-likeness (QED) is 0.719. The molecule has 0 saturated carbocycles.